The molecule has 0 saturated heterocycles. The van der Waals surface area contributed by atoms with Crippen LogP contribution in [-0.4, -0.2) is 70.9 Å². The van der Waals surface area contributed by atoms with E-state index < -0.39 is 0 Å². The van der Waals surface area contributed by atoms with Gasteiger partial charge in [-0.05, 0) is 0 Å². The zero-order valence-corrected chi connectivity index (χ0v) is 1.50. The van der Waals surface area contributed by atoms with Gasteiger partial charge in [0.15, 0.2) is 34.7 Å². The van der Waals surface area contributed by atoms with E-state index >= 15 is 0 Å². The first-order valence-electron chi connectivity index (χ1n) is 0. The predicted molar refractivity (Wildman–Crippen MR) is 40.7 cm³/mol. The van der Waals surface area contributed by atoms with E-state index in [4.69, 9.17) is 0 Å². The van der Waals surface area contributed by atoms with E-state index in [9.17, 15) is 0 Å². The minimum absolute atomic E-state index is 0. The molecule has 0 amide bonds. The molecule has 0 aromatic rings. The fourth-order valence-electron chi connectivity index (χ4n) is 0. The first-order chi connectivity index (χ1) is 0. The van der Waals surface area contributed by atoms with Gasteiger partial charge in [0, 0.05) is 0 Å². The molecule has 0 heterocycles. The van der Waals surface area contributed by atoms with Crippen molar-refractivity contribution in [2.24, 2.45) is 0 Å². The van der Waals surface area contributed by atoms with Gasteiger partial charge < -0.3 is 16.4 Å². The van der Waals surface area contributed by atoms with E-state index in [1.54, 1.807) is 0 Å². The van der Waals surface area contributed by atoms with Gasteiger partial charge in [-0.15, -0.1) is 0 Å². The van der Waals surface area contributed by atoms with Crippen molar-refractivity contribution in [1.82, 2.24) is 0 Å². The van der Waals surface area contributed by atoms with Gasteiger partial charge >= 0.3 is 19.8 Å². The molecule has 0 unspecified atom stereocenters. The van der Waals surface area contributed by atoms with Crippen LogP contribution in [0.4, 0.5) is 0 Å². The number of hydrogen-bond donors (Lipinski definition) is 0. The molecule has 0 rings (SSSR count). The van der Waals surface area contributed by atoms with Crippen LogP contribution in [0.5, 0.6) is 0 Å². The molecule has 6 N–H and O–H groups in total. The maximum atomic E-state index is 0. The molecule has 6 heavy (non-hydrogen) atoms. The van der Waals surface area contributed by atoms with Crippen molar-refractivity contribution >= 4 is 54.5 Å². The SMILES string of the molecule is O.O.O.[AlH3].[AlH3].[GaH3]. The quantitative estimate of drug-likeness (QED) is 0.337. The van der Waals surface area contributed by atoms with Crippen LogP contribution < -0.4 is 0 Å². The summed E-state index contributed by atoms with van der Waals surface area (Å²) in [7, 11) is 0. The molecule has 0 aliphatic carbocycles. The van der Waals surface area contributed by atoms with Gasteiger partial charge in [-0.2, -0.15) is 0 Å². The first kappa shape index (κ1) is 131. The van der Waals surface area contributed by atoms with E-state index in [1.165, 1.54) is 0 Å². The molecule has 0 bridgehead atoms. The Labute approximate surface area is 70.7 Å². The van der Waals surface area contributed by atoms with Crippen LogP contribution in [0.1, 0.15) is 0 Å². The third-order valence-electron chi connectivity index (χ3n) is 0. The molecule has 0 spiro atoms. The Morgan fingerprint density at radius 3 is 0.500 bits per heavy atom. The van der Waals surface area contributed by atoms with Crippen LogP contribution in [0.2, 0.25) is 0 Å². The fourth-order valence-corrected chi connectivity index (χ4v) is 0. The van der Waals surface area contributed by atoms with Crippen molar-refractivity contribution in [3.63, 3.8) is 0 Å². The summed E-state index contributed by atoms with van der Waals surface area (Å²) >= 11 is 0. The predicted octanol–water partition coefficient (Wildman–Crippen LogP) is -6.03. The van der Waals surface area contributed by atoms with Crippen molar-refractivity contribution in [1.29, 1.82) is 0 Å². The Morgan fingerprint density at radius 1 is 0.500 bits per heavy atom. The zero-order valence-electron chi connectivity index (χ0n) is 1.50. The van der Waals surface area contributed by atoms with Crippen molar-refractivity contribution in [2.45, 2.75) is 0 Å². The molecule has 0 aliphatic rings. The molecule has 0 saturated carbocycles. The Balaban J connectivity index is 0. The van der Waals surface area contributed by atoms with Crippen LogP contribution in [0.25, 0.3) is 0 Å². The Kier molecular flexibility index (Phi) is 1790. The summed E-state index contributed by atoms with van der Waals surface area (Å²) in [6.45, 7) is 0. The summed E-state index contributed by atoms with van der Waals surface area (Å²) < 4.78 is 0. The molecule has 0 aromatic heterocycles. The summed E-state index contributed by atoms with van der Waals surface area (Å²) in [5.41, 5.74) is 0. The molecule has 0 aliphatic heterocycles. The second-order valence-corrected chi connectivity index (χ2v) is 0. The van der Waals surface area contributed by atoms with Crippen LogP contribution >= 0.6 is 0 Å². The topological polar surface area (TPSA) is 94.5 Å². The van der Waals surface area contributed by atoms with E-state index in [0.717, 1.165) is 0 Å². The summed E-state index contributed by atoms with van der Waals surface area (Å²) in [4.78, 5) is 0. The van der Waals surface area contributed by atoms with Crippen LogP contribution in [-0.2, 0) is 0 Å². The van der Waals surface area contributed by atoms with E-state index in [2.05, 4.69) is 0 Å². The van der Waals surface area contributed by atoms with Gasteiger partial charge in [-0.3, -0.25) is 0 Å². The fraction of sp³-hybridized carbons (Fsp3) is 0. The average Bonchev–Trinajstić information content (AvgIpc) is 0. The van der Waals surface area contributed by atoms with Gasteiger partial charge in [-0.25, -0.2) is 0 Å². The zero-order chi connectivity index (χ0) is 0. The molecule has 0 atom stereocenters. The Morgan fingerprint density at radius 2 is 0.500 bits per heavy atom. The van der Waals surface area contributed by atoms with Gasteiger partial charge in [0.25, 0.3) is 0 Å². The molecule has 0 aromatic carbocycles. The standard InChI is InChI=1S/2Al.Ga.3H2O.9H/h;;;3*1H2;;;;;;;;;. The average molecular weight is 187 g/mol. The van der Waals surface area contributed by atoms with E-state index in [0.29, 0.717) is 0 Å². The molecule has 42 valence electrons. The summed E-state index contributed by atoms with van der Waals surface area (Å²) in [5.74, 6) is 0. The molecule has 6 heteroatoms. The third kappa shape index (κ3) is 46.8. The molecular formula is H15Al2GaO3. The summed E-state index contributed by atoms with van der Waals surface area (Å²) in [5, 5.41) is 0. The maximum absolute atomic E-state index is 0. The Hall–Kier alpha value is 1.58. The molecule has 3 nitrogen and oxygen atoms in total. The van der Waals surface area contributed by atoms with Gasteiger partial charge in [0.2, 0.25) is 0 Å². The van der Waals surface area contributed by atoms with E-state index in [-0.39, 0.29) is 70.9 Å². The first-order valence-corrected chi connectivity index (χ1v) is 0. The minimum atomic E-state index is 0. The second kappa shape index (κ2) is 82.0. The molecule has 0 fully saturated rings. The molecule has 0 radical (unpaired) electrons. The summed E-state index contributed by atoms with van der Waals surface area (Å²) in [6.07, 6.45) is 0. The van der Waals surface area contributed by atoms with Gasteiger partial charge in [0.05, 0.1) is 0 Å². The summed E-state index contributed by atoms with van der Waals surface area (Å²) in [6, 6.07) is 0. The normalized spacial score (nSPS) is 0. The van der Waals surface area contributed by atoms with Crippen molar-refractivity contribution in [2.75, 3.05) is 0 Å². The van der Waals surface area contributed by atoms with E-state index in [1.807, 2.05) is 0 Å². The third-order valence-corrected chi connectivity index (χ3v) is 0. The van der Waals surface area contributed by atoms with Crippen LogP contribution in [0, 0.1) is 0 Å². The second-order valence-electron chi connectivity index (χ2n) is 0. The van der Waals surface area contributed by atoms with Crippen LogP contribution in [0.3, 0.4) is 0 Å². The molecular weight excluding hydrogens is 172 g/mol. The monoisotopic (exact) mass is 186 g/mol. The number of rotatable bonds is 0. The van der Waals surface area contributed by atoms with Gasteiger partial charge in [-0.1, -0.05) is 0 Å². The van der Waals surface area contributed by atoms with Crippen LogP contribution in [0.15, 0.2) is 0 Å². The van der Waals surface area contributed by atoms with Crippen molar-refractivity contribution in [3.05, 3.63) is 0 Å². The van der Waals surface area contributed by atoms with Crippen molar-refractivity contribution < 1.29 is 16.4 Å². The van der Waals surface area contributed by atoms with Gasteiger partial charge in [0.1, 0.15) is 0 Å². The van der Waals surface area contributed by atoms with Crippen molar-refractivity contribution in [3.8, 4) is 0 Å². The number of hydrogen-bond acceptors (Lipinski definition) is 0. The Bertz CT molecular complexity index is 8.75.